The van der Waals surface area contributed by atoms with Crippen LogP contribution in [0.25, 0.3) is 5.57 Å². The number of carbonyl (C=O) groups is 1. The van der Waals surface area contributed by atoms with Gasteiger partial charge in [0.2, 0.25) is 0 Å². The molecule has 21 heavy (non-hydrogen) atoms. The molecule has 1 aromatic rings. The molecule has 0 aromatic heterocycles. The minimum Gasteiger partial charge on any atom is -0.511 e. The van der Waals surface area contributed by atoms with Crippen LogP contribution in [0.2, 0.25) is 0 Å². The second kappa shape index (κ2) is 6.09. The molecule has 0 bridgehead atoms. The molecule has 0 unspecified atom stereocenters. The molecular weight excluding hydrogens is 259 g/mol. The van der Waals surface area contributed by atoms with Crippen molar-refractivity contribution in [3.63, 3.8) is 0 Å². The van der Waals surface area contributed by atoms with Gasteiger partial charge in [0.15, 0.2) is 5.78 Å². The lowest BCUT2D eigenvalue weighted by atomic mass is 9.72. The number of aliphatic hydroxyl groups is 1. The molecule has 1 fully saturated rings. The lowest BCUT2D eigenvalue weighted by molar-refractivity contribution is -0.112. The topological polar surface area (TPSA) is 37.3 Å². The van der Waals surface area contributed by atoms with Gasteiger partial charge >= 0.3 is 0 Å². The van der Waals surface area contributed by atoms with Gasteiger partial charge in [-0.2, -0.15) is 0 Å². The Morgan fingerprint density at radius 3 is 2.38 bits per heavy atom. The highest BCUT2D eigenvalue weighted by Crippen LogP contribution is 2.43. The van der Waals surface area contributed by atoms with Crippen molar-refractivity contribution in [2.75, 3.05) is 0 Å². The minimum absolute atomic E-state index is 0.0906. The number of Topliss-reactive ketones (excluding diaryl/α,β-unsaturated/α-hetero) is 1. The van der Waals surface area contributed by atoms with Gasteiger partial charge in [0.1, 0.15) is 13.6 Å². The number of ketones is 1. The lowest BCUT2D eigenvalue weighted by Crippen LogP contribution is -2.25. The van der Waals surface area contributed by atoms with Crippen LogP contribution in [0, 0.1) is 12.3 Å². The van der Waals surface area contributed by atoms with Crippen molar-refractivity contribution in [1.29, 1.82) is 0 Å². The third-order valence-corrected chi connectivity index (χ3v) is 4.64. The maximum absolute atomic E-state index is 12.2. The normalized spacial score (nSPS) is 19.0. The van der Waals surface area contributed by atoms with Crippen molar-refractivity contribution in [1.82, 2.24) is 0 Å². The van der Waals surface area contributed by atoms with Crippen LogP contribution in [0.15, 0.2) is 24.0 Å². The van der Waals surface area contributed by atoms with E-state index in [1.54, 1.807) is 6.07 Å². The van der Waals surface area contributed by atoms with Crippen molar-refractivity contribution >= 4 is 24.7 Å². The zero-order valence-electron chi connectivity index (χ0n) is 13.2. The molecule has 1 saturated carbocycles. The third-order valence-electron chi connectivity index (χ3n) is 4.64. The zero-order chi connectivity index (χ0) is 15.6. The van der Waals surface area contributed by atoms with E-state index in [1.165, 1.54) is 13.3 Å². The van der Waals surface area contributed by atoms with Gasteiger partial charge in [-0.1, -0.05) is 49.8 Å². The Balaban J connectivity index is 2.56. The SMILES string of the molecule is [B]c1ccc(/C(C(C)=O)=C(\O)C2(C)CCCCC2)c(C)c1. The molecule has 0 saturated heterocycles. The molecule has 0 amide bonds. The van der Waals surface area contributed by atoms with Crippen molar-refractivity contribution in [2.24, 2.45) is 5.41 Å². The number of allylic oxidation sites excluding steroid dienone is 2. The van der Waals surface area contributed by atoms with Gasteiger partial charge in [-0.15, -0.1) is 0 Å². The second-order valence-corrected chi connectivity index (χ2v) is 6.48. The average molecular weight is 282 g/mol. The fourth-order valence-corrected chi connectivity index (χ4v) is 3.32. The molecule has 1 aromatic carbocycles. The Morgan fingerprint density at radius 2 is 1.86 bits per heavy atom. The van der Waals surface area contributed by atoms with Gasteiger partial charge in [-0.05, 0) is 37.8 Å². The molecule has 2 nitrogen and oxygen atoms in total. The Hall–Kier alpha value is -1.51. The summed E-state index contributed by atoms with van der Waals surface area (Å²) >= 11 is 0. The summed E-state index contributed by atoms with van der Waals surface area (Å²) in [7, 11) is 5.79. The molecule has 110 valence electrons. The van der Waals surface area contributed by atoms with Gasteiger partial charge < -0.3 is 5.11 Å². The number of hydrogen-bond donors (Lipinski definition) is 1. The molecule has 1 aliphatic rings. The van der Waals surface area contributed by atoms with Gasteiger partial charge in [0, 0.05) is 5.41 Å². The zero-order valence-corrected chi connectivity index (χ0v) is 13.2. The van der Waals surface area contributed by atoms with Gasteiger partial charge in [-0.25, -0.2) is 0 Å². The molecule has 2 rings (SSSR count). The maximum Gasteiger partial charge on any atom is 0.163 e. The summed E-state index contributed by atoms with van der Waals surface area (Å²) in [5.74, 6) is 0.162. The molecule has 2 radical (unpaired) electrons. The van der Waals surface area contributed by atoms with Gasteiger partial charge in [-0.3, -0.25) is 4.79 Å². The van der Waals surface area contributed by atoms with E-state index in [2.05, 4.69) is 6.92 Å². The van der Waals surface area contributed by atoms with E-state index in [4.69, 9.17) is 7.85 Å². The molecule has 0 heterocycles. The number of benzene rings is 1. The third kappa shape index (κ3) is 3.23. The van der Waals surface area contributed by atoms with Crippen LogP contribution in [0.3, 0.4) is 0 Å². The Morgan fingerprint density at radius 1 is 1.24 bits per heavy atom. The van der Waals surface area contributed by atoms with E-state index in [9.17, 15) is 9.90 Å². The summed E-state index contributed by atoms with van der Waals surface area (Å²) < 4.78 is 0. The number of hydrogen-bond acceptors (Lipinski definition) is 2. The van der Waals surface area contributed by atoms with Gasteiger partial charge in [0.25, 0.3) is 0 Å². The monoisotopic (exact) mass is 282 g/mol. The molecule has 1 aliphatic carbocycles. The first-order valence-electron chi connectivity index (χ1n) is 7.66. The maximum atomic E-state index is 12.2. The number of aryl methyl sites for hydroxylation is 1. The van der Waals surface area contributed by atoms with E-state index >= 15 is 0 Å². The lowest BCUT2D eigenvalue weighted by Gasteiger charge is -2.34. The van der Waals surface area contributed by atoms with Crippen LogP contribution in [0.4, 0.5) is 0 Å². The molecular formula is C18H23BO2. The van der Waals surface area contributed by atoms with Gasteiger partial charge in [0.05, 0.1) is 5.57 Å². The van der Waals surface area contributed by atoms with Crippen LogP contribution in [-0.2, 0) is 4.79 Å². The first-order chi connectivity index (χ1) is 9.85. The number of aliphatic hydroxyl groups excluding tert-OH is 1. The van der Waals surface area contributed by atoms with E-state index in [1.807, 2.05) is 19.1 Å². The Kier molecular flexibility index (Phi) is 4.60. The van der Waals surface area contributed by atoms with Crippen LogP contribution in [0.5, 0.6) is 0 Å². The molecule has 3 heteroatoms. The van der Waals surface area contributed by atoms with Crippen molar-refractivity contribution in [3.05, 3.63) is 35.1 Å². The van der Waals surface area contributed by atoms with E-state index < -0.39 is 0 Å². The van der Waals surface area contributed by atoms with Crippen molar-refractivity contribution in [2.45, 2.75) is 52.9 Å². The first kappa shape index (κ1) is 15.9. The fourth-order valence-electron chi connectivity index (χ4n) is 3.32. The summed E-state index contributed by atoms with van der Waals surface area (Å²) in [4.78, 5) is 12.2. The summed E-state index contributed by atoms with van der Waals surface area (Å²) in [5, 5.41) is 10.8. The summed E-state index contributed by atoms with van der Waals surface area (Å²) in [6.45, 7) is 5.51. The highest BCUT2D eigenvalue weighted by Gasteiger charge is 2.34. The molecule has 0 atom stereocenters. The highest BCUT2D eigenvalue weighted by atomic mass is 16.3. The average Bonchev–Trinajstić information content (AvgIpc) is 2.42. The quantitative estimate of drug-likeness (QED) is 0.522. The van der Waals surface area contributed by atoms with Crippen LogP contribution < -0.4 is 5.46 Å². The van der Waals surface area contributed by atoms with E-state index in [-0.39, 0.29) is 17.0 Å². The van der Waals surface area contributed by atoms with E-state index in [0.717, 1.165) is 36.8 Å². The first-order valence-corrected chi connectivity index (χ1v) is 7.66. The largest absolute Gasteiger partial charge is 0.511 e. The number of rotatable bonds is 3. The Labute approximate surface area is 128 Å². The van der Waals surface area contributed by atoms with Crippen molar-refractivity contribution in [3.8, 4) is 0 Å². The van der Waals surface area contributed by atoms with Crippen LogP contribution in [-0.4, -0.2) is 18.7 Å². The predicted octanol–water partition coefficient (Wildman–Crippen LogP) is 3.62. The number of carbonyl (C=O) groups excluding carboxylic acids is 1. The highest BCUT2D eigenvalue weighted by molar-refractivity contribution is 6.32. The molecule has 0 spiro atoms. The minimum atomic E-state index is -0.285. The van der Waals surface area contributed by atoms with Crippen LogP contribution >= 0.6 is 0 Å². The van der Waals surface area contributed by atoms with Crippen LogP contribution in [0.1, 0.15) is 57.1 Å². The van der Waals surface area contributed by atoms with Crippen molar-refractivity contribution < 1.29 is 9.90 Å². The smallest absolute Gasteiger partial charge is 0.163 e. The molecule has 1 N–H and O–H groups in total. The molecule has 0 aliphatic heterocycles. The van der Waals surface area contributed by atoms with E-state index in [0.29, 0.717) is 11.0 Å². The summed E-state index contributed by atoms with van der Waals surface area (Å²) in [6, 6.07) is 5.46. The predicted molar refractivity (Wildman–Crippen MR) is 88.0 cm³/mol. The summed E-state index contributed by atoms with van der Waals surface area (Å²) in [5.41, 5.74) is 2.55. The standard InChI is InChI=1S/C18H23BO2/c1-12-11-14(19)7-8-15(12)16(13(2)20)17(21)18(3)9-5-4-6-10-18/h7-8,11,21H,4-6,9-10H2,1-3H3/b17-16-. The fraction of sp³-hybridized carbons (Fsp3) is 0.500. The Bertz CT molecular complexity index is 581. The second-order valence-electron chi connectivity index (χ2n) is 6.48. The summed E-state index contributed by atoms with van der Waals surface area (Å²) in [6.07, 6.45) is 5.28.